The lowest BCUT2D eigenvalue weighted by molar-refractivity contribution is 0.0939. The number of carbonyl (C=O) groups is 4. The summed E-state index contributed by atoms with van der Waals surface area (Å²) in [5.74, 6) is 2.57. The van der Waals surface area contributed by atoms with Crippen molar-refractivity contribution in [2.75, 3.05) is 67.5 Å². The molecule has 0 saturated carbocycles. The number of H-pyrrole nitrogens is 4. The van der Waals surface area contributed by atoms with Crippen LogP contribution in [0.5, 0.6) is 0 Å². The van der Waals surface area contributed by atoms with Gasteiger partial charge in [-0.05, 0) is 166 Å². The molecular formula is C70H68N14O4. The zero-order chi connectivity index (χ0) is 60.8. The Morgan fingerprint density at radius 1 is 0.364 bits per heavy atom. The molecule has 8 aromatic carbocycles. The van der Waals surface area contributed by atoms with E-state index in [2.05, 4.69) is 96.7 Å². The highest BCUT2D eigenvalue weighted by atomic mass is 16.2. The van der Waals surface area contributed by atoms with Gasteiger partial charge in [-0.15, -0.1) is 0 Å². The molecule has 0 spiro atoms. The van der Waals surface area contributed by atoms with Gasteiger partial charge in [0, 0.05) is 83.8 Å². The summed E-state index contributed by atoms with van der Waals surface area (Å²) in [5.41, 5.74) is 16.9. The normalized spacial score (nSPS) is 11.9. The predicted octanol–water partition coefficient (Wildman–Crippen LogP) is 11.4. The number of rotatable bonds is 22. The molecule has 8 N–H and O–H groups in total. The van der Waals surface area contributed by atoms with E-state index in [1.807, 2.05) is 159 Å². The van der Waals surface area contributed by atoms with Gasteiger partial charge in [0.25, 0.3) is 23.6 Å². The predicted molar refractivity (Wildman–Crippen MR) is 349 cm³/mol. The molecule has 0 aliphatic rings. The molecule has 18 nitrogen and oxygen atoms in total. The average molecular weight is 1170 g/mol. The SMILES string of the molecule is CC(CCCNC(=O)c1ccc(-c2nc3ccc(-c4ccc5nc(-c6ccc(C(=O)NCCN(C)C)cc6)[nH]c5c4)cc3[nH]2)cc1)CNC(=O)c1ccc(-c2nc3ccc(-c4ccc5nc(-c6ccc(C(=O)NCCN(C)C)cc6)[nH]c5c4)cc3[nH]2)cc1. The molecule has 0 fully saturated rings. The van der Waals surface area contributed by atoms with Crippen molar-refractivity contribution in [1.82, 2.24) is 70.9 Å². The van der Waals surface area contributed by atoms with Crippen molar-refractivity contribution in [3.8, 4) is 67.8 Å². The Hall–Kier alpha value is -10.6. The Morgan fingerprint density at radius 2 is 0.625 bits per heavy atom. The zero-order valence-corrected chi connectivity index (χ0v) is 49.7. The van der Waals surface area contributed by atoms with Crippen LogP contribution in [-0.4, -0.2) is 141 Å². The summed E-state index contributed by atoms with van der Waals surface area (Å²) in [6.07, 6.45) is 1.59. The number of aromatic amines is 4. The van der Waals surface area contributed by atoms with Crippen molar-refractivity contribution in [3.05, 3.63) is 192 Å². The maximum atomic E-state index is 13.2. The van der Waals surface area contributed by atoms with Gasteiger partial charge in [0.05, 0.1) is 44.1 Å². The first-order valence-corrected chi connectivity index (χ1v) is 29.6. The maximum Gasteiger partial charge on any atom is 0.251 e. The van der Waals surface area contributed by atoms with E-state index < -0.39 is 0 Å². The van der Waals surface area contributed by atoms with Crippen LogP contribution < -0.4 is 21.3 Å². The van der Waals surface area contributed by atoms with Crippen molar-refractivity contribution in [2.24, 2.45) is 5.92 Å². The van der Waals surface area contributed by atoms with Crippen LogP contribution in [0.25, 0.3) is 112 Å². The fourth-order valence-corrected chi connectivity index (χ4v) is 10.6. The molecule has 0 radical (unpaired) electrons. The molecule has 12 rings (SSSR count). The van der Waals surface area contributed by atoms with Crippen LogP contribution in [0.15, 0.2) is 170 Å². The topological polar surface area (TPSA) is 238 Å². The number of amides is 4. The Labute approximate surface area is 508 Å². The number of nitrogens with one attached hydrogen (secondary N) is 8. The standard InChI is InChI=1S/C70H68N14O4/c1-42(41-74-70(88)50-22-14-46(15-23-50)66-78-58-31-27-54(40-62(58)82-66)53-26-30-57-61(39-53)81-65(77-57)45-12-20-49(21-13-45)69(87)73-34-36-84(4)5)7-6-32-71-67(85)47-16-8-43(9-17-47)63-75-55-28-24-51(37-59(55)79-63)52-25-29-56-60(38-52)80-64(76-56)44-10-18-48(19-11-44)68(86)72-33-35-83(2)3/h8-31,37-40,42H,6-7,32-36,41H2,1-5H3,(H,71,85)(H,72,86)(H,73,87)(H,74,88)(H,75,79)(H,76,80)(H,77,81)(H,78,82). The average Bonchev–Trinajstić information content (AvgIpc) is 2.82. The van der Waals surface area contributed by atoms with Crippen molar-refractivity contribution < 1.29 is 19.2 Å². The molecule has 4 amide bonds. The van der Waals surface area contributed by atoms with E-state index in [1.165, 1.54) is 0 Å². The highest BCUT2D eigenvalue weighted by Crippen LogP contribution is 2.32. The lowest BCUT2D eigenvalue weighted by Crippen LogP contribution is -2.31. The summed E-state index contributed by atoms with van der Waals surface area (Å²) < 4.78 is 0. The van der Waals surface area contributed by atoms with E-state index in [9.17, 15) is 19.2 Å². The van der Waals surface area contributed by atoms with Gasteiger partial charge in [-0.1, -0.05) is 79.7 Å². The van der Waals surface area contributed by atoms with Gasteiger partial charge in [-0.2, -0.15) is 0 Å². The van der Waals surface area contributed by atoms with E-state index >= 15 is 0 Å². The van der Waals surface area contributed by atoms with E-state index in [0.29, 0.717) is 60.1 Å². The summed E-state index contributed by atoms with van der Waals surface area (Å²) in [6, 6.07) is 54.4. The molecule has 12 aromatic rings. The van der Waals surface area contributed by atoms with Gasteiger partial charge in [0.15, 0.2) is 0 Å². The Kier molecular flexibility index (Phi) is 16.8. The van der Waals surface area contributed by atoms with E-state index in [1.54, 1.807) is 0 Å². The van der Waals surface area contributed by atoms with Crippen molar-refractivity contribution in [1.29, 1.82) is 0 Å². The van der Waals surface area contributed by atoms with Crippen molar-refractivity contribution in [2.45, 2.75) is 19.8 Å². The van der Waals surface area contributed by atoms with Crippen LogP contribution in [-0.2, 0) is 0 Å². The van der Waals surface area contributed by atoms with E-state index in [0.717, 1.165) is 126 Å². The van der Waals surface area contributed by atoms with Gasteiger partial charge in [0.2, 0.25) is 0 Å². The van der Waals surface area contributed by atoms with E-state index in [4.69, 9.17) is 19.9 Å². The highest BCUT2D eigenvalue weighted by Gasteiger charge is 2.17. The first kappa shape index (κ1) is 57.9. The van der Waals surface area contributed by atoms with Crippen LogP contribution in [0.1, 0.15) is 61.2 Å². The third-order valence-corrected chi connectivity index (χ3v) is 15.7. The number of imidazole rings is 4. The third kappa shape index (κ3) is 13.3. The molecule has 4 aromatic heterocycles. The lowest BCUT2D eigenvalue weighted by atomic mass is 10.0. The van der Waals surface area contributed by atoms with Crippen LogP contribution in [0.3, 0.4) is 0 Å². The van der Waals surface area contributed by atoms with Gasteiger partial charge in [-0.3, -0.25) is 19.2 Å². The Morgan fingerprint density at radius 3 is 0.909 bits per heavy atom. The second-order valence-electron chi connectivity index (χ2n) is 22.9. The fraction of sp³-hybridized carbons (Fsp3) is 0.200. The summed E-state index contributed by atoms with van der Waals surface area (Å²) in [5, 5.41) is 12.0. The minimum Gasteiger partial charge on any atom is -0.352 e. The van der Waals surface area contributed by atoms with Crippen molar-refractivity contribution >= 4 is 67.8 Å². The Bertz CT molecular complexity index is 4500. The molecular weight excluding hydrogens is 1100 g/mol. The maximum absolute atomic E-state index is 13.2. The number of hydrogen-bond donors (Lipinski definition) is 8. The van der Waals surface area contributed by atoms with Gasteiger partial charge in [0.1, 0.15) is 23.3 Å². The molecule has 442 valence electrons. The second kappa shape index (κ2) is 25.6. The largest absolute Gasteiger partial charge is 0.352 e. The molecule has 88 heavy (non-hydrogen) atoms. The number of likely N-dealkylation sites (N-methyl/N-ethyl adjacent to an activating group) is 2. The summed E-state index contributed by atoms with van der Waals surface area (Å²) >= 11 is 0. The van der Waals surface area contributed by atoms with Crippen LogP contribution >= 0.6 is 0 Å². The third-order valence-electron chi connectivity index (χ3n) is 15.7. The van der Waals surface area contributed by atoms with Gasteiger partial charge in [-0.25, -0.2) is 19.9 Å². The number of carbonyl (C=O) groups excluding carboxylic acids is 4. The molecule has 1 unspecified atom stereocenters. The van der Waals surface area contributed by atoms with Gasteiger partial charge >= 0.3 is 0 Å². The summed E-state index contributed by atoms with van der Waals surface area (Å²) in [4.78, 5) is 88.8. The zero-order valence-electron chi connectivity index (χ0n) is 49.7. The second-order valence-corrected chi connectivity index (χ2v) is 22.9. The van der Waals surface area contributed by atoms with Crippen LogP contribution in [0.2, 0.25) is 0 Å². The first-order chi connectivity index (χ1) is 42.7. The number of fused-ring (bicyclic) bond motifs is 4. The first-order valence-electron chi connectivity index (χ1n) is 29.6. The van der Waals surface area contributed by atoms with E-state index in [-0.39, 0.29) is 29.5 Å². The number of aromatic nitrogens is 8. The van der Waals surface area contributed by atoms with Gasteiger partial charge < -0.3 is 51.0 Å². The molecule has 1 atom stereocenters. The number of hydrogen-bond acceptors (Lipinski definition) is 10. The molecule has 18 heteroatoms. The molecule has 4 heterocycles. The molecule has 0 aliphatic heterocycles. The quantitative estimate of drug-likeness (QED) is 0.0299. The molecule has 0 saturated heterocycles. The summed E-state index contributed by atoms with van der Waals surface area (Å²) in [7, 11) is 7.89. The fourth-order valence-electron chi connectivity index (χ4n) is 10.6. The summed E-state index contributed by atoms with van der Waals surface area (Å²) in [6.45, 7) is 5.81. The van der Waals surface area contributed by atoms with Crippen LogP contribution in [0, 0.1) is 5.92 Å². The monoisotopic (exact) mass is 1170 g/mol. The highest BCUT2D eigenvalue weighted by molar-refractivity contribution is 5.98. The molecule has 0 bridgehead atoms. The number of benzene rings is 8. The molecule has 0 aliphatic carbocycles. The van der Waals surface area contributed by atoms with Crippen molar-refractivity contribution in [3.63, 3.8) is 0 Å². The van der Waals surface area contributed by atoms with Crippen LogP contribution in [0.4, 0.5) is 0 Å². The Balaban J connectivity index is 0.583. The lowest BCUT2D eigenvalue weighted by Gasteiger charge is -2.13. The minimum atomic E-state index is -0.148. The minimum absolute atomic E-state index is 0.100. The smallest absolute Gasteiger partial charge is 0.251 e. The number of nitrogens with zero attached hydrogens (tertiary/aromatic N) is 6.